The molecular weight excluding hydrogens is 429 g/mol. The van der Waals surface area contributed by atoms with Gasteiger partial charge in [-0.3, -0.25) is 0 Å². The second-order valence-electron chi connectivity index (χ2n) is 7.24. The molecule has 0 spiro atoms. The van der Waals surface area contributed by atoms with Gasteiger partial charge in [0, 0.05) is 31.9 Å². The summed E-state index contributed by atoms with van der Waals surface area (Å²) in [6.07, 6.45) is -4.45. The fourth-order valence-corrected chi connectivity index (χ4v) is 4.58. The molecule has 1 fully saturated rings. The summed E-state index contributed by atoms with van der Waals surface area (Å²) < 4.78 is 45.1. The van der Waals surface area contributed by atoms with Crippen molar-refractivity contribution >= 4 is 38.4 Å². The lowest BCUT2D eigenvalue weighted by molar-refractivity contribution is -0.137. The first-order chi connectivity index (χ1) is 14.8. The summed E-state index contributed by atoms with van der Waals surface area (Å²) in [5.41, 5.74) is 1.28. The summed E-state index contributed by atoms with van der Waals surface area (Å²) >= 11 is 1.59. The van der Waals surface area contributed by atoms with Crippen LogP contribution >= 0.6 is 11.3 Å². The third-order valence-electron chi connectivity index (χ3n) is 5.19. The highest BCUT2D eigenvalue weighted by atomic mass is 32.1. The SMILES string of the molecule is COc1ccc(C)c2sc(N3CCN(C(=O)Nc4cccc(C(F)(F)F)c4)CC3)nc12. The first kappa shape index (κ1) is 21.2. The number of aryl methyl sites for hydroxylation is 1. The lowest BCUT2D eigenvalue weighted by Crippen LogP contribution is -2.50. The van der Waals surface area contributed by atoms with Crippen molar-refractivity contribution in [1.29, 1.82) is 0 Å². The molecule has 1 aliphatic heterocycles. The zero-order valence-corrected chi connectivity index (χ0v) is 17.8. The van der Waals surface area contributed by atoms with E-state index < -0.39 is 17.8 Å². The summed E-state index contributed by atoms with van der Waals surface area (Å²) in [7, 11) is 1.62. The van der Waals surface area contributed by atoms with E-state index in [2.05, 4.69) is 10.2 Å². The van der Waals surface area contributed by atoms with Crippen molar-refractivity contribution in [2.45, 2.75) is 13.1 Å². The summed E-state index contributed by atoms with van der Waals surface area (Å²) in [4.78, 5) is 21.0. The maximum absolute atomic E-state index is 12.9. The number of hydrogen-bond donors (Lipinski definition) is 1. The first-order valence-corrected chi connectivity index (χ1v) is 10.5. The van der Waals surface area contributed by atoms with E-state index in [1.165, 1.54) is 12.1 Å². The van der Waals surface area contributed by atoms with Gasteiger partial charge in [0.15, 0.2) is 5.13 Å². The fourth-order valence-electron chi connectivity index (χ4n) is 3.48. The van der Waals surface area contributed by atoms with E-state index >= 15 is 0 Å². The Morgan fingerprint density at radius 1 is 1.16 bits per heavy atom. The highest BCUT2D eigenvalue weighted by Gasteiger charge is 2.31. The van der Waals surface area contributed by atoms with Crippen molar-refractivity contribution in [3.8, 4) is 5.75 Å². The van der Waals surface area contributed by atoms with Gasteiger partial charge >= 0.3 is 12.2 Å². The monoisotopic (exact) mass is 450 g/mol. The highest BCUT2D eigenvalue weighted by Crippen LogP contribution is 2.36. The van der Waals surface area contributed by atoms with Crippen LogP contribution in [0.2, 0.25) is 0 Å². The Morgan fingerprint density at radius 3 is 2.58 bits per heavy atom. The normalized spacial score (nSPS) is 14.7. The number of methoxy groups -OCH3 is 1. The van der Waals surface area contributed by atoms with Crippen LogP contribution in [0.1, 0.15) is 11.1 Å². The zero-order valence-electron chi connectivity index (χ0n) is 17.0. The number of ether oxygens (including phenoxy) is 1. The number of carbonyl (C=O) groups excluding carboxylic acids is 1. The minimum atomic E-state index is -4.45. The Labute approximate surface area is 181 Å². The van der Waals surface area contributed by atoms with Gasteiger partial charge < -0.3 is 19.9 Å². The maximum atomic E-state index is 12.9. The smallest absolute Gasteiger partial charge is 0.416 e. The Kier molecular flexibility index (Phi) is 5.65. The largest absolute Gasteiger partial charge is 0.494 e. The van der Waals surface area contributed by atoms with Crippen LogP contribution in [0.4, 0.5) is 28.8 Å². The van der Waals surface area contributed by atoms with Gasteiger partial charge in [0.2, 0.25) is 0 Å². The first-order valence-electron chi connectivity index (χ1n) is 9.68. The molecule has 1 N–H and O–H groups in total. The number of fused-ring (bicyclic) bond motifs is 1. The second kappa shape index (κ2) is 8.26. The van der Waals surface area contributed by atoms with Gasteiger partial charge in [-0.25, -0.2) is 9.78 Å². The summed E-state index contributed by atoms with van der Waals surface area (Å²) in [6.45, 7) is 4.07. The number of urea groups is 1. The summed E-state index contributed by atoms with van der Waals surface area (Å²) in [5.74, 6) is 0.724. The topological polar surface area (TPSA) is 57.7 Å². The minimum Gasteiger partial charge on any atom is -0.494 e. The molecule has 0 atom stereocenters. The summed E-state index contributed by atoms with van der Waals surface area (Å²) in [6, 6.07) is 8.12. The van der Waals surface area contributed by atoms with Gasteiger partial charge in [0.05, 0.1) is 17.4 Å². The molecule has 0 radical (unpaired) electrons. The number of anilines is 2. The van der Waals surface area contributed by atoms with E-state index in [0.717, 1.165) is 38.8 Å². The standard InChI is InChI=1S/C21H21F3N4O2S/c1-13-6-7-16(30-2)17-18(13)31-20(26-17)28-10-8-27(9-11-28)19(29)25-15-5-3-4-14(12-15)21(22,23)24/h3-7,12H,8-11H2,1-2H3,(H,25,29). The van der Waals surface area contributed by atoms with Gasteiger partial charge in [0.1, 0.15) is 11.3 Å². The molecule has 0 bridgehead atoms. The molecule has 0 unspecified atom stereocenters. The van der Waals surface area contributed by atoms with Gasteiger partial charge in [-0.1, -0.05) is 23.5 Å². The number of benzene rings is 2. The molecule has 1 aliphatic rings. The highest BCUT2D eigenvalue weighted by molar-refractivity contribution is 7.22. The molecule has 31 heavy (non-hydrogen) atoms. The molecular formula is C21H21F3N4O2S. The zero-order chi connectivity index (χ0) is 22.2. The molecule has 3 aromatic rings. The van der Waals surface area contributed by atoms with E-state index in [9.17, 15) is 18.0 Å². The number of rotatable bonds is 3. The van der Waals surface area contributed by atoms with Crippen molar-refractivity contribution in [3.63, 3.8) is 0 Å². The van der Waals surface area contributed by atoms with Crippen LogP contribution in [0.5, 0.6) is 5.75 Å². The Morgan fingerprint density at radius 2 is 1.90 bits per heavy atom. The van der Waals surface area contributed by atoms with Crippen molar-refractivity contribution < 1.29 is 22.7 Å². The molecule has 4 rings (SSSR count). The molecule has 0 saturated carbocycles. The lowest BCUT2D eigenvalue weighted by atomic mass is 10.2. The number of aromatic nitrogens is 1. The minimum absolute atomic E-state index is 0.121. The van der Waals surface area contributed by atoms with Gasteiger partial charge in [-0.2, -0.15) is 13.2 Å². The van der Waals surface area contributed by atoms with Crippen LogP contribution in [-0.4, -0.2) is 49.2 Å². The van der Waals surface area contributed by atoms with Crippen LogP contribution < -0.4 is 15.0 Å². The van der Waals surface area contributed by atoms with Crippen LogP contribution in [0.25, 0.3) is 10.2 Å². The molecule has 6 nitrogen and oxygen atoms in total. The second-order valence-corrected chi connectivity index (χ2v) is 8.22. The van der Waals surface area contributed by atoms with E-state index in [1.807, 2.05) is 19.1 Å². The summed E-state index contributed by atoms with van der Waals surface area (Å²) in [5, 5.41) is 3.42. The number of halogens is 3. The number of nitrogens with one attached hydrogen (secondary N) is 1. The number of thiazole rings is 1. The number of hydrogen-bond acceptors (Lipinski definition) is 5. The molecule has 0 aliphatic carbocycles. The van der Waals surface area contributed by atoms with Crippen LogP contribution in [0.3, 0.4) is 0 Å². The number of piperazine rings is 1. The average Bonchev–Trinajstić information content (AvgIpc) is 3.20. The number of amides is 2. The molecule has 2 amide bonds. The van der Waals surface area contributed by atoms with Crippen LogP contribution in [-0.2, 0) is 6.18 Å². The molecule has 2 aromatic carbocycles. The van der Waals surface area contributed by atoms with Crippen molar-refractivity contribution in [1.82, 2.24) is 9.88 Å². The third kappa shape index (κ3) is 4.39. The van der Waals surface area contributed by atoms with Crippen molar-refractivity contribution in [2.24, 2.45) is 0 Å². The van der Waals surface area contributed by atoms with E-state index in [-0.39, 0.29) is 5.69 Å². The van der Waals surface area contributed by atoms with Gasteiger partial charge in [-0.05, 0) is 36.8 Å². The Bertz CT molecular complexity index is 1110. The third-order valence-corrected chi connectivity index (χ3v) is 6.44. The molecule has 10 heteroatoms. The quantitative estimate of drug-likeness (QED) is 0.611. The fraction of sp³-hybridized carbons (Fsp3) is 0.333. The Hall–Kier alpha value is -3.01. The Balaban J connectivity index is 1.41. The molecule has 1 saturated heterocycles. The van der Waals surface area contributed by atoms with Gasteiger partial charge in [0.25, 0.3) is 0 Å². The number of nitrogens with zero attached hydrogens (tertiary/aromatic N) is 3. The van der Waals surface area contributed by atoms with Crippen LogP contribution in [0.15, 0.2) is 36.4 Å². The van der Waals surface area contributed by atoms with E-state index in [4.69, 9.17) is 9.72 Å². The van der Waals surface area contributed by atoms with Crippen molar-refractivity contribution in [3.05, 3.63) is 47.5 Å². The lowest BCUT2D eigenvalue weighted by Gasteiger charge is -2.34. The predicted molar refractivity (Wildman–Crippen MR) is 115 cm³/mol. The van der Waals surface area contributed by atoms with E-state index in [0.29, 0.717) is 26.2 Å². The molecule has 1 aromatic heterocycles. The van der Waals surface area contributed by atoms with Crippen molar-refractivity contribution in [2.75, 3.05) is 43.5 Å². The molecule has 2 heterocycles. The van der Waals surface area contributed by atoms with Crippen LogP contribution in [0, 0.1) is 6.92 Å². The predicted octanol–water partition coefficient (Wildman–Crippen LogP) is 4.99. The maximum Gasteiger partial charge on any atom is 0.416 e. The average molecular weight is 450 g/mol. The van der Waals surface area contributed by atoms with E-state index in [1.54, 1.807) is 23.3 Å². The number of carbonyl (C=O) groups is 1. The number of alkyl halides is 3. The van der Waals surface area contributed by atoms with Gasteiger partial charge in [-0.15, -0.1) is 0 Å². The molecule has 164 valence electrons.